The van der Waals surface area contributed by atoms with E-state index in [9.17, 15) is 4.79 Å². The Morgan fingerprint density at radius 3 is 2.95 bits per heavy atom. The van der Waals surface area contributed by atoms with Crippen LogP contribution in [0, 0.1) is 0 Å². The molecule has 0 bridgehead atoms. The number of rotatable bonds is 2. The van der Waals surface area contributed by atoms with E-state index in [1.807, 2.05) is 16.5 Å². The molecule has 5 nitrogen and oxygen atoms in total. The Kier molecular flexibility index (Phi) is 2.79. The first kappa shape index (κ1) is 12.5. The maximum atomic E-state index is 10.9. The molecule has 0 amide bonds. The number of benzene rings is 1. The number of carboxylic acid groups (broad SMARTS) is 1. The largest absolute Gasteiger partial charge is 0.481 e. The van der Waals surface area contributed by atoms with Gasteiger partial charge in [-0.2, -0.15) is 0 Å². The summed E-state index contributed by atoms with van der Waals surface area (Å²) in [6.45, 7) is 0. The van der Waals surface area contributed by atoms with Gasteiger partial charge < -0.3 is 9.67 Å². The second-order valence-electron chi connectivity index (χ2n) is 4.25. The third-order valence-corrected chi connectivity index (χ3v) is 4.10. The molecule has 0 aliphatic heterocycles. The van der Waals surface area contributed by atoms with Gasteiger partial charge in [0.25, 0.3) is 0 Å². The molecule has 0 saturated heterocycles. The molecular weight excluding hydrogens is 334 g/mol. The normalized spacial score (nSPS) is 11.5. The molecule has 7 heteroatoms. The predicted molar refractivity (Wildman–Crippen MR) is 75.7 cm³/mol. The van der Waals surface area contributed by atoms with E-state index in [0.717, 1.165) is 11.0 Å². The lowest BCUT2D eigenvalue weighted by atomic mass is 10.3. The van der Waals surface area contributed by atoms with Gasteiger partial charge in [-0.05, 0) is 34.1 Å². The summed E-state index contributed by atoms with van der Waals surface area (Å²) in [5, 5.41) is 9.57. The van der Waals surface area contributed by atoms with E-state index in [1.165, 1.54) is 0 Å². The van der Waals surface area contributed by atoms with Crippen LogP contribution in [-0.4, -0.2) is 25.0 Å². The first-order chi connectivity index (χ1) is 8.99. The number of imidazole rings is 2. The summed E-state index contributed by atoms with van der Waals surface area (Å²) in [7, 11) is 1.80. The Morgan fingerprint density at radius 2 is 2.26 bits per heavy atom. The first-order valence-electron chi connectivity index (χ1n) is 5.51. The smallest absolute Gasteiger partial charge is 0.309 e. The lowest BCUT2D eigenvalue weighted by molar-refractivity contribution is -0.136. The molecule has 1 aromatic carbocycles. The average Bonchev–Trinajstić information content (AvgIpc) is 2.81. The van der Waals surface area contributed by atoms with Crippen LogP contribution in [0.4, 0.5) is 0 Å². The molecule has 3 rings (SSSR count). The van der Waals surface area contributed by atoms with Crippen LogP contribution < -0.4 is 0 Å². The molecule has 0 radical (unpaired) electrons. The zero-order valence-corrected chi connectivity index (χ0v) is 12.2. The number of aryl methyl sites for hydroxylation is 1. The van der Waals surface area contributed by atoms with Crippen molar-refractivity contribution >= 4 is 50.3 Å². The Morgan fingerprint density at radius 1 is 1.53 bits per heavy atom. The van der Waals surface area contributed by atoms with Gasteiger partial charge in [-0.3, -0.25) is 9.20 Å². The van der Waals surface area contributed by atoms with Crippen LogP contribution in [0.15, 0.2) is 22.8 Å². The molecule has 2 aromatic heterocycles. The standard InChI is InChI=1S/C12H9BrClN3O2/c1-16-9(5-10(18)19)11(13)17-8-4-6(14)2-3-7(8)15-12(16)17/h2-4H,5H2,1H3,(H,18,19). The van der Waals surface area contributed by atoms with Crippen LogP contribution in [0.2, 0.25) is 5.02 Å². The molecule has 0 spiro atoms. The molecule has 0 saturated carbocycles. The lowest BCUT2D eigenvalue weighted by Gasteiger charge is -1.99. The van der Waals surface area contributed by atoms with E-state index in [0.29, 0.717) is 21.1 Å². The Bertz CT molecular complexity index is 821. The van der Waals surface area contributed by atoms with Crippen LogP contribution in [0.1, 0.15) is 5.69 Å². The number of carboxylic acids is 1. The van der Waals surface area contributed by atoms with E-state index in [2.05, 4.69) is 20.9 Å². The highest BCUT2D eigenvalue weighted by molar-refractivity contribution is 9.10. The SMILES string of the molecule is Cn1c(CC(=O)O)c(Br)n2c3cc(Cl)ccc3nc12. The van der Waals surface area contributed by atoms with Gasteiger partial charge in [0.1, 0.15) is 4.60 Å². The van der Waals surface area contributed by atoms with Gasteiger partial charge in [0.05, 0.1) is 23.1 Å². The fourth-order valence-electron chi connectivity index (χ4n) is 2.18. The molecule has 2 heterocycles. The summed E-state index contributed by atoms with van der Waals surface area (Å²) < 4.78 is 4.32. The van der Waals surface area contributed by atoms with Gasteiger partial charge >= 0.3 is 5.97 Å². The zero-order valence-electron chi connectivity index (χ0n) is 9.89. The summed E-state index contributed by atoms with van der Waals surface area (Å²) in [5.74, 6) is -0.202. The number of fused-ring (bicyclic) bond motifs is 3. The minimum Gasteiger partial charge on any atom is -0.481 e. The molecule has 0 aliphatic rings. The number of nitrogens with zero attached hydrogens (tertiary/aromatic N) is 3. The van der Waals surface area contributed by atoms with Crippen molar-refractivity contribution < 1.29 is 9.90 Å². The van der Waals surface area contributed by atoms with E-state index < -0.39 is 5.97 Å². The van der Waals surface area contributed by atoms with E-state index >= 15 is 0 Å². The second kappa shape index (κ2) is 4.25. The summed E-state index contributed by atoms with van der Waals surface area (Å²) in [5.41, 5.74) is 2.33. The van der Waals surface area contributed by atoms with E-state index in [1.54, 1.807) is 17.7 Å². The first-order valence-corrected chi connectivity index (χ1v) is 6.68. The molecule has 0 atom stereocenters. The molecule has 0 unspecified atom stereocenters. The Labute approximate surface area is 121 Å². The minimum absolute atomic E-state index is 0.0670. The van der Waals surface area contributed by atoms with Gasteiger partial charge in [-0.1, -0.05) is 11.6 Å². The monoisotopic (exact) mass is 341 g/mol. The molecule has 0 fully saturated rings. The summed E-state index contributed by atoms with van der Waals surface area (Å²) >= 11 is 9.45. The quantitative estimate of drug-likeness (QED) is 0.779. The number of hydrogen-bond acceptors (Lipinski definition) is 2. The van der Waals surface area contributed by atoms with Crippen LogP contribution in [-0.2, 0) is 18.3 Å². The van der Waals surface area contributed by atoms with Gasteiger partial charge in [-0.25, -0.2) is 4.98 Å². The fraction of sp³-hybridized carbons (Fsp3) is 0.167. The van der Waals surface area contributed by atoms with Gasteiger partial charge in [0, 0.05) is 12.1 Å². The van der Waals surface area contributed by atoms with Crippen molar-refractivity contribution in [1.29, 1.82) is 0 Å². The van der Waals surface area contributed by atoms with Crippen molar-refractivity contribution in [2.75, 3.05) is 0 Å². The van der Waals surface area contributed by atoms with Crippen molar-refractivity contribution in [3.8, 4) is 0 Å². The number of aromatic nitrogens is 3. The molecule has 19 heavy (non-hydrogen) atoms. The fourth-order valence-corrected chi connectivity index (χ4v) is 3.10. The summed E-state index contributed by atoms with van der Waals surface area (Å²) in [4.78, 5) is 15.4. The molecule has 0 aliphatic carbocycles. The van der Waals surface area contributed by atoms with E-state index in [-0.39, 0.29) is 6.42 Å². The van der Waals surface area contributed by atoms with Crippen molar-refractivity contribution in [3.05, 3.63) is 33.5 Å². The molecule has 1 N–H and O–H groups in total. The average molecular weight is 343 g/mol. The van der Waals surface area contributed by atoms with Crippen LogP contribution in [0.25, 0.3) is 16.8 Å². The third-order valence-electron chi connectivity index (χ3n) is 3.06. The Hall–Kier alpha value is -1.53. The van der Waals surface area contributed by atoms with Gasteiger partial charge in [-0.15, -0.1) is 0 Å². The molecule has 98 valence electrons. The highest BCUT2D eigenvalue weighted by atomic mass is 79.9. The number of hydrogen-bond donors (Lipinski definition) is 1. The third kappa shape index (κ3) is 1.82. The van der Waals surface area contributed by atoms with Crippen molar-refractivity contribution in [3.63, 3.8) is 0 Å². The topological polar surface area (TPSA) is 59.5 Å². The molecular formula is C12H9BrClN3O2. The Balaban J connectivity index is 2.39. The number of carbonyl (C=O) groups is 1. The maximum Gasteiger partial charge on any atom is 0.309 e. The second-order valence-corrected chi connectivity index (χ2v) is 5.43. The summed E-state index contributed by atoms with van der Waals surface area (Å²) in [6, 6.07) is 5.43. The van der Waals surface area contributed by atoms with Crippen LogP contribution >= 0.6 is 27.5 Å². The van der Waals surface area contributed by atoms with Crippen molar-refractivity contribution in [2.45, 2.75) is 6.42 Å². The highest BCUT2D eigenvalue weighted by Crippen LogP contribution is 2.28. The van der Waals surface area contributed by atoms with Crippen LogP contribution in [0.3, 0.4) is 0 Å². The number of aliphatic carboxylic acids is 1. The van der Waals surface area contributed by atoms with E-state index in [4.69, 9.17) is 16.7 Å². The van der Waals surface area contributed by atoms with Crippen molar-refractivity contribution in [2.24, 2.45) is 7.05 Å². The lowest BCUT2D eigenvalue weighted by Crippen LogP contribution is -2.05. The van der Waals surface area contributed by atoms with Crippen molar-refractivity contribution in [1.82, 2.24) is 14.0 Å². The molecule has 3 aromatic rings. The van der Waals surface area contributed by atoms with Gasteiger partial charge in [0.2, 0.25) is 5.78 Å². The van der Waals surface area contributed by atoms with Crippen LogP contribution in [0.5, 0.6) is 0 Å². The maximum absolute atomic E-state index is 10.9. The minimum atomic E-state index is -0.883. The predicted octanol–water partition coefficient (Wildman–Crippen LogP) is 2.87. The highest BCUT2D eigenvalue weighted by Gasteiger charge is 2.19. The number of halogens is 2. The summed E-state index contributed by atoms with van der Waals surface area (Å²) in [6.07, 6.45) is -0.0670. The zero-order chi connectivity index (χ0) is 13.7. The van der Waals surface area contributed by atoms with Gasteiger partial charge in [0.15, 0.2) is 0 Å².